The minimum absolute atomic E-state index is 0.153. The molecule has 0 spiro atoms. The summed E-state index contributed by atoms with van der Waals surface area (Å²) in [5.41, 5.74) is 0.906. The Morgan fingerprint density at radius 1 is 1.39 bits per heavy atom. The third-order valence-corrected chi connectivity index (χ3v) is 5.00. The van der Waals surface area contributed by atoms with E-state index in [1.54, 1.807) is 6.20 Å². The number of aryl methyl sites for hydroxylation is 1. The fraction of sp³-hybridized carbons (Fsp3) is 0.667. The molecule has 0 radical (unpaired) electrons. The van der Waals surface area contributed by atoms with Crippen molar-refractivity contribution in [1.82, 2.24) is 9.97 Å². The molecule has 2 unspecified atom stereocenters. The second-order valence-electron chi connectivity index (χ2n) is 4.98. The predicted octanol–water partition coefficient (Wildman–Crippen LogP) is 1.55. The van der Waals surface area contributed by atoms with Crippen molar-refractivity contribution >= 4 is 15.8 Å². The Morgan fingerprint density at radius 2 is 2.17 bits per heavy atom. The summed E-state index contributed by atoms with van der Waals surface area (Å²) in [4.78, 5) is 8.43. The first-order valence-electron chi connectivity index (χ1n) is 6.20. The highest BCUT2D eigenvalue weighted by Gasteiger charge is 2.29. The molecule has 1 aliphatic rings. The first-order valence-corrected chi connectivity index (χ1v) is 8.15. The van der Waals surface area contributed by atoms with Crippen LogP contribution in [0, 0.1) is 6.92 Å². The van der Waals surface area contributed by atoms with Gasteiger partial charge in [-0.15, -0.1) is 0 Å². The van der Waals surface area contributed by atoms with Crippen molar-refractivity contribution in [2.75, 3.05) is 11.6 Å². The summed E-state index contributed by atoms with van der Waals surface area (Å²) in [6.07, 6.45) is 6.36. The van der Waals surface area contributed by atoms with E-state index in [0.717, 1.165) is 25.0 Å². The average molecular weight is 269 g/mol. The molecule has 0 aromatic carbocycles. The molecular formula is C12H19N3O2S. The Kier molecular flexibility index (Phi) is 3.85. The molecule has 1 aliphatic carbocycles. The van der Waals surface area contributed by atoms with E-state index < -0.39 is 9.84 Å². The number of aromatic nitrogens is 2. The fourth-order valence-electron chi connectivity index (χ4n) is 2.37. The van der Waals surface area contributed by atoms with Gasteiger partial charge in [0.1, 0.15) is 9.84 Å². The molecule has 1 fully saturated rings. The largest absolute Gasteiger partial charge is 0.351 e. The molecule has 0 saturated heterocycles. The number of hydrogen-bond acceptors (Lipinski definition) is 5. The Labute approximate surface area is 108 Å². The van der Waals surface area contributed by atoms with Gasteiger partial charge in [-0.25, -0.2) is 18.4 Å². The van der Waals surface area contributed by atoms with E-state index in [2.05, 4.69) is 15.3 Å². The van der Waals surface area contributed by atoms with Gasteiger partial charge in [0.25, 0.3) is 0 Å². The van der Waals surface area contributed by atoms with Gasteiger partial charge in [-0.1, -0.05) is 6.42 Å². The van der Waals surface area contributed by atoms with Crippen LogP contribution >= 0.6 is 0 Å². The molecule has 0 bridgehead atoms. The monoisotopic (exact) mass is 269 g/mol. The SMILES string of the molecule is Cc1ccnc(NC2CCCC(S(C)(=O)=O)C2)n1. The maximum Gasteiger partial charge on any atom is 0.223 e. The highest BCUT2D eigenvalue weighted by atomic mass is 32.2. The summed E-state index contributed by atoms with van der Waals surface area (Å²) >= 11 is 0. The third kappa shape index (κ3) is 3.41. The van der Waals surface area contributed by atoms with Crippen LogP contribution in [0.1, 0.15) is 31.4 Å². The number of hydrogen-bond donors (Lipinski definition) is 1. The van der Waals surface area contributed by atoms with Crippen LogP contribution in [0.4, 0.5) is 5.95 Å². The standard InChI is InChI=1S/C12H19N3O2S/c1-9-6-7-13-12(14-9)15-10-4-3-5-11(8-10)18(2,16)17/h6-7,10-11H,3-5,8H2,1-2H3,(H,13,14,15). The Morgan fingerprint density at radius 3 is 2.83 bits per heavy atom. The minimum atomic E-state index is -2.94. The van der Waals surface area contributed by atoms with E-state index in [-0.39, 0.29) is 11.3 Å². The Hall–Kier alpha value is -1.17. The van der Waals surface area contributed by atoms with E-state index in [1.807, 2.05) is 13.0 Å². The highest BCUT2D eigenvalue weighted by molar-refractivity contribution is 7.91. The molecule has 2 rings (SSSR count). The van der Waals surface area contributed by atoms with Crippen LogP contribution in [-0.4, -0.2) is 35.9 Å². The molecule has 1 heterocycles. The molecule has 1 aromatic rings. The second kappa shape index (κ2) is 5.22. The number of anilines is 1. The zero-order valence-electron chi connectivity index (χ0n) is 10.8. The van der Waals surface area contributed by atoms with Crippen LogP contribution in [-0.2, 0) is 9.84 Å². The lowest BCUT2D eigenvalue weighted by Crippen LogP contribution is -2.34. The number of rotatable bonds is 3. The molecule has 100 valence electrons. The molecule has 0 amide bonds. The molecule has 1 N–H and O–H groups in total. The molecule has 1 saturated carbocycles. The Bertz CT molecular complexity index is 516. The summed E-state index contributed by atoms with van der Waals surface area (Å²) in [6, 6.07) is 1.99. The normalized spacial score (nSPS) is 24.8. The molecule has 18 heavy (non-hydrogen) atoms. The van der Waals surface area contributed by atoms with Crippen molar-refractivity contribution in [3.63, 3.8) is 0 Å². The molecule has 5 nitrogen and oxygen atoms in total. The van der Waals surface area contributed by atoms with Crippen LogP contribution < -0.4 is 5.32 Å². The zero-order chi connectivity index (χ0) is 13.2. The van der Waals surface area contributed by atoms with Gasteiger partial charge >= 0.3 is 0 Å². The molecule has 1 aromatic heterocycles. The van der Waals surface area contributed by atoms with Crippen molar-refractivity contribution in [2.45, 2.75) is 43.9 Å². The van der Waals surface area contributed by atoms with Gasteiger partial charge in [-0.2, -0.15) is 0 Å². The van der Waals surface area contributed by atoms with Crippen molar-refractivity contribution in [3.8, 4) is 0 Å². The smallest absolute Gasteiger partial charge is 0.223 e. The summed E-state index contributed by atoms with van der Waals surface area (Å²) in [6.45, 7) is 1.91. The van der Waals surface area contributed by atoms with Gasteiger partial charge in [0.15, 0.2) is 0 Å². The maximum atomic E-state index is 11.6. The van der Waals surface area contributed by atoms with Gasteiger partial charge in [-0.3, -0.25) is 0 Å². The lowest BCUT2D eigenvalue weighted by molar-refractivity contribution is 0.451. The van der Waals surface area contributed by atoms with Gasteiger partial charge < -0.3 is 5.32 Å². The average Bonchev–Trinajstić information content (AvgIpc) is 2.28. The second-order valence-corrected chi connectivity index (χ2v) is 7.31. The van der Waals surface area contributed by atoms with Crippen LogP contribution in [0.5, 0.6) is 0 Å². The third-order valence-electron chi connectivity index (χ3n) is 3.36. The van der Waals surface area contributed by atoms with Crippen molar-refractivity contribution in [1.29, 1.82) is 0 Å². The van der Waals surface area contributed by atoms with Crippen LogP contribution in [0.15, 0.2) is 12.3 Å². The zero-order valence-corrected chi connectivity index (χ0v) is 11.6. The maximum absolute atomic E-state index is 11.6. The summed E-state index contributed by atoms with van der Waals surface area (Å²) in [5.74, 6) is 0.592. The molecular weight excluding hydrogens is 250 g/mol. The van der Waals surface area contributed by atoms with E-state index in [4.69, 9.17) is 0 Å². The van der Waals surface area contributed by atoms with Gasteiger partial charge in [0, 0.05) is 24.2 Å². The van der Waals surface area contributed by atoms with Crippen molar-refractivity contribution in [3.05, 3.63) is 18.0 Å². The van der Waals surface area contributed by atoms with E-state index in [9.17, 15) is 8.42 Å². The minimum Gasteiger partial charge on any atom is -0.351 e. The molecule has 6 heteroatoms. The van der Waals surface area contributed by atoms with Crippen LogP contribution in [0.25, 0.3) is 0 Å². The van der Waals surface area contributed by atoms with E-state index in [0.29, 0.717) is 12.4 Å². The first-order chi connectivity index (χ1) is 8.45. The van der Waals surface area contributed by atoms with Crippen LogP contribution in [0.3, 0.4) is 0 Å². The van der Waals surface area contributed by atoms with Crippen molar-refractivity contribution in [2.24, 2.45) is 0 Å². The lowest BCUT2D eigenvalue weighted by Gasteiger charge is -2.28. The van der Waals surface area contributed by atoms with E-state index >= 15 is 0 Å². The number of nitrogens with zero attached hydrogens (tertiary/aromatic N) is 2. The summed E-state index contributed by atoms with van der Waals surface area (Å²) in [7, 11) is -2.94. The first kappa shape index (κ1) is 13.3. The van der Waals surface area contributed by atoms with Gasteiger partial charge in [-0.05, 0) is 32.3 Å². The topological polar surface area (TPSA) is 72.0 Å². The van der Waals surface area contributed by atoms with Crippen molar-refractivity contribution < 1.29 is 8.42 Å². The molecule has 0 aliphatic heterocycles. The highest BCUT2D eigenvalue weighted by Crippen LogP contribution is 2.25. The Balaban J connectivity index is 2.02. The summed E-state index contributed by atoms with van der Waals surface area (Å²) in [5, 5.41) is 3.01. The lowest BCUT2D eigenvalue weighted by atomic mass is 9.95. The predicted molar refractivity (Wildman–Crippen MR) is 71.3 cm³/mol. The number of sulfone groups is 1. The quantitative estimate of drug-likeness (QED) is 0.901. The van der Waals surface area contributed by atoms with Crippen LogP contribution in [0.2, 0.25) is 0 Å². The molecule has 2 atom stereocenters. The fourth-order valence-corrected chi connectivity index (χ4v) is 3.54. The van der Waals surface area contributed by atoms with Gasteiger partial charge in [0.05, 0.1) is 5.25 Å². The van der Waals surface area contributed by atoms with Gasteiger partial charge in [0.2, 0.25) is 5.95 Å². The van der Waals surface area contributed by atoms with E-state index in [1.165, 1.54) is 6.26 Å². The number of nitrogens with one attached hydrogen (secondary N) is 1. The summed E-state index contributed by atoms with van der Waals surface area (Å²) < 4.78 is 23.2.